The van der Waals surface area contributed by atoms with Gasteiger partial charge in [0.1, 0.15) is 12.0 Å². The highest BCUT2D eigenvalue weighted by atomic mass is 16.5. The molecule has 2 saturated heterocycles. The zero-order valence-electron chi connectivity index (χ0n) is 18.0. The molecule has 2 aliphatic rings. The molecule has 0 atom stereocenters. The minimum absolute atomic E-state index is 0.0726. The summed E-state index contributed by atoms with van der Waals surface area (Å²) in [6.45, 7) is 6.82. The van der Waals surface area contributed by atoms with Gasteiger partial charge < -0.3 is 14.1 Å². The molecule has 7 heteroatoms. The quantitative estimate of drug-likeness (QED) is 0.679. The maximum atomic E-state index is 12.4. The van der Waals surface area contributed by atoms with Crippen molar-refractivity contribution >= 4 is 5.91 Å². The molecule has 0 unspecified atom stereocenters. The second-order valence-electron chi connectivity index (χ2n) is 8.34. The first-order valence-corrected chi connectivity index (χ1v) is 11.2. The van der Waals surface area contributed by atoms with Gasteiger partial charge >= 0.3 is 0 Å². The normalized spacial score (nSPS) is 18.1. The summed E-state index contributed by atoms with van der Waals surface area (Å²) >= 11 is 0. The lowest BCUT2D eigenvalue weighted by Crippen LogP contribution is -2.45. The molecule has 3 heterocycles. The third-order valence-corrected chi connectivity index (χ3v) is 6.01. The molecule has 2 aromatic rings. The number of piperidine rings is 1. The molecule has 1 amide bonds. The molecule has 166 valence electrons. The van der Waals surface area contributed by atoms with Crippen molar-refractivity contribution in [1.82, 2.24) is 14.7 Å². The van der Waals surface area contributed by atoms with Gasteiger partial charge in [0.2, 0.25) is 11.2 Å². The van der Waals surface area contributed by atoms with Gasteiger partial charge in [-0.3, -0.25) is 19.4 Å². The van der Waals surface area contributed by atoms with Gasteiger partial charge in [-0.05, 0) is 24.8 Å². The van der Waals surface area contributed by atoms with Crippen LogP contribution >= 0.6 is 0 Å². The molecule has 0 saturated carbocycles. The molecule has 2 aliphatic heterocycles. The number of hydrogen-bond acceptors (Lipinski definition) is 6. The van der Waals surface area contributed by atoms with E-state index in [9.17, 15) is 9.59 Å². The zero-order valence-corrected chi connectivity index (χ0v) is 18.0. The van der Waals surface area contributed by atoms with Gasteiger partial charge in [0, 0.05) is 51.9 Å². The van der Waals surface area contributed by atoms with Crippen LogP contribution in [-0.4, -0.2) is 66.5 Å². The molecule has 0 N–H and O–H groups in total. The molecular formula is C24H31N3O4. The van der Waals surface area contributed by atoms with Crippen LogP contribution in [-0.2, 0) is 17.9 Å². The Kier molecular flexibility index (Phi) is 7.38. The van der Waals surface area contributed by atoms with E-state index in [1.54, 1.807) is 4.90 Å². The van der Waals surface area contributed by atoms with Gasteiger partial charge in [0.05, 0.1) is 6.54 Å². The largest absolute Gasteiger partial charge is 0.477 e. The topological polar surface area (TPSA) is 66.2 Å². The van der Waals surface area contributed by atoms with Crippen LogP contribution < -0.4 is 10.2 Å². The minimum Gasteiger partial charge on any atom is -0.477 e. The molecule has 4 rings (SSSR count). The molecule has 7 nitrogen and oxygen atoms in total. The van der Waals surface area contributed by atoms with Crippen LogP contribution in [0.5, 0.6) is 5.75 Å². The summed E-state index contributed by atoms with van der Waals surface area (Å²) in [5.74, 6) is 0.648. The van der Waals surface area contributed by atoms with E-state index in [0.717, 1.165) is 65.1 Å². The lowest BCUT2D eigenvalue weighted by molar-refractivity contribution is -0.134. The van der Waals surface area contributed by atoms with Gasteiger partial charge in [-0.25, -0.2) is 0 Å². The molecule has 2 fully saturated rings. The van der Waals surface area contributed by atoms with E-state index >= 15 is 0 Å². The van der Waals surface area contributed by atoms with Crippen molar-refractivity contribution in [2.45, 2.75) is 32.4 Å². The fourth-order valence-electron chi connectivity index (χ4n) is 4.17. The molecule has 0 radical (unpaired) electrons. The van der Waals surface area contributed by atoms with Crippen molar-refractivity contribution in [3.05, 3.63) is 64.2 Å². The number of ether oxygens (including phenoxy) is 1. The van der Waals surface area contributed by atoms with Crippen LogP contribution in [0.3, 0.4) is 0 Å². The number of rotatable bonds is 7. The standard InChI is InChI=1S/C24H31N3O4/c28-22-15-21(30-18-23(22)31-19-24(29)27-9-5-2-6-10-27)17-26-13-11-25(12-14-26)16-20-7-3-1-4-8-20/h1,3-4,7-8,15,18H,2,5-6,9-14,16-17,19H2. The fraction of sp³-hybridized carbons (Fsp3) is 0.500. The Hall–Kier alpha value is -2.64. The van der Waals surface area contributed by atoms with E-state index in [1.807, 2.05) is 6.07 Å². The van der Waals surface area contributed by atoms with Crippen LogP contribution in [0.15, 0.2) is 51.9 Å². The van der Waals surface area contributed by atoms with E-state index in [4.69, 9.17) is 9.15 Å². The van der Waals surface area contributed by atoms with E-state index < -0.39 is 0 Å². The van der Waals surface area contributed by atoms with Crippen molar-refractivity contribution in [2.24, 2.45) is 0 Å². The summed E-state index contributed by atoms with van der Waals surface area (Å²) in [5.41, 5.74) is 1.09. The molecule has 0 bridgehead atoms. The predicted molar refractivity (Wildman–Crippen MR) is 118 cm³/mol. The zero-order chi connectivity index (χ0) is 21.5. The summed E-state index contributed by atoms with van der Waals surface area (Å²) < 4.78 is 11.1. The van der Waals surface area contributed by atoms with Crippen LogP contribution in [0.4, 0.5) is 0 Å². The lowest BCUT2D eigenvalue weighted by Gasteiger charge is -2.34. The number of piperazine rings is 1. The third-order valence-electron chi connectivity index (χ3n) is 6.01. The third kappa shape index (κ3) is 6.18. The van der Waals surface area contributed by atoms with Gasteiger partial charge in [0.15, 0.2) is 6.61 Å². The van der Waals surface area contributed by atoms with Crippen molar-refractivity contribution in [1.29, 1.82) is 0 Å². The second-order valence-corrected chi connectivity index (χ2v) is 8.34. The van der Waals surface area contributed by atoms with Crippen molar-refractivity contribution < 1.29 is 13.9 Å². The summed E-state index contributed by atoms with van der Waals surface area (Å²) in [7, 11) is 0. The van der Waals surface area contributed by atoms with Crippen LogP contribution in [0, 0.1) is 0 Å². The van der Waals surface area contributed by atoms with Crippen molar-refractivity contribution in [2.75, 3.05) is 45.9 Å². The number of benzene rings is 1. The first kappa shape index (κ1) is 21.6. The van der Waals surface area contributed by atoms with Crippen molar-refractivity contribution in [3.8, 4) is 5.75 Å². The molecule has 1 aromatic heterocycles. The number of carbonyl (C=O) groups is 1. The Morgan fingerprint density at radius 3 is 2.26 bits per heavy atom. The van der Waals surface area contributed by atoms with E-state index in [-0.39, 0.29) is 23.7 Å². The SMILES string of the molecule is O=C(COc1coc(CN2CCN(Cc3ccccc3)CC2)cc1=O)N1CCCCC1. The van der Waals surface area contributed by atoms with Crippen LogP contribution in [0.1, 0.15) is 30.6 Å². The molecule has 0 spiro atoms. The predicted octanol–water partition coefficient (Wildman–Crippen LogP) is 2.35. The first-order chi connectivity index (χ1) is 15.2. The first-order valence-electron chi connectivity index (χ1n) is 11.2. The Morgan fingerprint density at radius 1 is 0.903 bits per heavy atom. The van der Waals surface area contributed by atoms with E-state index in [2.05, 4.69) is 34.1 Å². The molecule has 1 aromatic carbocycles. The summed E-state index contributed by atoms with van der Waals surface area (Å²) in [4.78, 5) is 31.1. The highest BCUT2D eigenvalue weighted by Gasteiger charge is 2.20. The molecule has 0 aliphatic carbocycles. The summed E-state index contributed by atoms with van der Waals surface area (Å²) in [6, 6.07) is 12.0. The minimum atomic E-state index is -0.240. The van der Waals surface area contributed by atoms with Gasteiger partial charge in [-0.15, -0.1) is 0 Å². The monoisotopic (exact) mass is 425 g/mol. The maximum absolute atomic E-state index is 12.4. The van der Waals surface area contributed by atoms with E-state index in [0.29, 0.717) is 12.3 Å². The van der Waals surface area contributed by atoms with Crippen molar-refractivity contribution in [3.63, 3.8) is 0 Å². The van der Waals surface area contributed by atoms with E-state index in [1.165, 1.54) is 17.9 Å². The van der Waals surface area contributed by atoms with Crippen LogP contribution in [0.25, 0.3) is 0 Å². The highest BCUT2D eigenvalue weighted by molar-refractivity contribution is 5.77. The van der Waals surface area contributed by atoms with Gasteiger partial charge in [-0.2, -0.15) is 0 Å². The number of nitrogens with zero attached hydrogens (tertiary/aromatic N) is 3. The maximum Gasteiger partial charge on any atom is 0.260 e. The van der Waals surface area contributed by atoms with Gasteiger partial charge in [0.25, 0.3) is 5.91 Å². The average molecular weight is 426 g/mol. The lowest BCUT2D eigenvalue weighted by atomic mass is 10.1. The molecule has 31 heavy (non-hydrogen) atoms. The summed E-state index contributed by atoms with van der Waals surface area (Å²) in [6.07, 6.45) is 4.57. The number of amides is 1. The smallest absolute Gasteiger partial charge is 0.260 e. The number of carbonyl (C=O) groups excluding carboxylic acids is 1. The highest BCUT2D eigenvalue weighted by Crippen LogP contribution is 2.13. The Morgan fingerprint density at radius 2 is 1.58 bits per heavy atom. The van der Waals surface area contributed by atoms with Gasteiger partial charge in [-0.1, -0.05) is 30.3 Å². The Labute approximate surface area is 183 Å². The number of hydrogen-bond donors (Lipinski definition) is 0. The second kappa shape index (κ2) is 10.6. The number of likely N-dealkylation sites (tertiary alicyclic amines) is 1. The fourth-order valence-corrected chi connectivity index (χ4v) is 4.17. The Bertz CT molecular complexity index is 901. The molecular weight excluding hydrogens is 394 g/mol. The Balaban J connectivity index is 1.23. The van der Waals surface area contributed by atoms with Crippen LogP contribution in [0.2, 0.25) is 0 Å². The summed E-state index contributed by atoms with van der Waals surface area (Å²) in [5, 5.41) is 0. The average Bonchev–Trinajstić information content (AvgIpc) is 2.81.